The lowest BCUT2D eigenvalue weighted by atomic mass is 9.95. The van der Waals surface area contributed by atoms with E-state index in [0.717, 1.165) is 6.07 Å². The molecule has 2 rings (SSSR count). The lowest BCUT2D eigenvalue weighted by molar-refractivity contribution is -0.394. The fourth-order valence-electron chi connectivity index (χ4n) is 2.48. The van der Waals surface area contributed by atoms with Crippen molar-refractivity contribution < 1.29 is 33.6 Å². The topological polar surface area (TPSA) is 148 Å². The molecular formula is C16H16N2O9. The van der Waals surface area contributed by atoms with E-state index in [4.69, 9.17) is 14.2 Å². The van der Waals surface area contributed by atoms with E-state index in [9.17, 15) is 29.8 Å². The van der Waals surface area contributed by atoms with Crippen LogP contribution in [0.1, 0.15) is 25.3 Å². The van der Waals surface area contributed by atoms with Gasteiger partial charge in [0, 0.05) is 31.9 Å². The molecule has 1 heterocycles. The van der Waals surface area contributed by atoms with Gasteiger partial charge in [-0.2, -0.15) is 0 Å². The maximum absolute atomic E-state index is 11.3. The quantitative estimate of drug-likeness (QED) is 0.410. The number of rotatable bonds is 6. The average Bonchev–Trinajstić information content (AvgIpc) is 2.59. The molecule has 11 nitrogen and oxygen atoms in total. The highest BCUT2D eigenvalue weighted by atomic mass is 16.6. The zero-order valence-electron chi connectivity index (χ0n) is 14.4. The van der Waals surface area contributed by atoms with Crippen LogP contribution in [0, 0.1) is 20.2 Å². The Kier molecular flexibility index (Phi) is 6.19. The van der Waals surface area contributed by atoms with Gasteiger partial charge >= 0.3 is 11.9 Å². The van der Waals surface area contributed by atoms with Crippen molar-refractivity contribution in [3.8, 4) is 0 Å². The van der Waals surface area contributed by atoms with Gasteiger partial charge in [-0.05, 0) is 11.6 Å². The molecule has 0 bridgehead atoms. The predicted molar refractivity (Wildman–Crippen MR) is 88.7 cm³/mol. The van der Waals surface area contributed by atoms with Crippen molar-refractivity contribution in [3.63, 3.8) is 0 Å². The Hall–Kier alpha value is -3.34. The molecule has 0 saturated carbocycles. The van der Waals surface area contributed by atoms with Crippen LogP contribution < -0.4 is 0 Å². The third-order valence-electron chi connectivity index (χ3n) is 3.63. The molecule has 1 aliphatic rings. The summed E-state index contributed by atoms with van der Waals surface area (Å²) in [5, 5.41) is 22.1. The summed E-state index contributed by atoms with van der Waals surface area (Å²) in [6.07, 6.45) is 0.643. The number of carbonyl (C=O) groups is 2. The molecule has 0 aliphatic carbocycles. The Morgan fingerprint density at radius 3 is 2.19 bits per heavy atom. The van der Waals surface area contributed by atoms with Crippen molar-refractivity contribution in [1.82, 2.24) is 0 Å². The van der Waals surface area contributed by atoms with E-state index in [-0.39, 0.29) is 24.5 Å². The number of nitrogens with zero attached hydrogens (tertiary/aromatic N) is 2. The van der Waals surface area contributed by atoms with Crippen molar-refractivity contribution in [2.24, 2.45) is 0 Å². The van der Waals surface area contributed by atoms with E-state index in [1.54, 1.807) is 0 Å². The highest BCUT2D eigenvalue weighted by Crippen LogP contribution is 2.32. The van der Waals surface area contributed by atoms with Crippen LogP contribution in [-0.2, 0) is 23.8 Å². The number of non-ortho nitro benzene ring substituents is 2. The number of esters is 2. The fourth-order valence-corrected chi connectivity index (χ4v) is 2.48. The van der Waals surface area contributed by atoms with Gasteiger partial charge in [-0.3, -0.25) is 29.8 Å². The minimum Gasteiger partial charge on any atom is -0.463 e. The molecule has 0 saturated heterocycles. The zero-order chi connectivity index (χ0) is 20.1. The Morgan fingerprint density at radius 2 is 1.70 bits per heavy atom. The predicted octanol–water partition coefficient (Wildman–Crippen LogP) is 2.00. The number of carbonyl (C=O) groups excluding carboxylic acids is 2. The maximum Gasteiger partial charge on any atom is 0.307 e. The van der Waals surface area contributed by atoms with Crippen LogP contribution in [0.4, 0.5) is 11.4 Å². The maximum atomic E-state index is 11.3. The molecule has 0 fully saturated rings. The molecule has 0 amide bonds. The highest BCUT2D eigenvalue weighted by molar-refractivity contribution is 5.68. The molecule has 1 aromatic rings. The van der Waals surface area contributed by atoms with Crippen LogP contribution in [0.3, 0.4) is 0 Å². The SMILES string of the molecule is CC(=O)OC[C@H]1OC[C@@H](c2cc([N+](=O)[O-])cc([N+](=O)[O-])c2)C=C1OC(C)=O. The smallest absolute Gasteiger partial charge is 0.307 e. The number of hydrogen-bond acceptors (Lipinski definition) is 9. The minimum atomic E-state index is -0.831. The van der Waals surface area contributed by atoms with Crippen LogP contribution >= 0.6 is 0 Å². The van der Waals surface area contributed by atoms with Crippen LogP contribution in [0.15, 0.2) is 30.0 Å². The number of benzene rings is 1. The molecule has 1 aliphatic heterocycles. The largest absolute Gasteiger partial charge is 0.463 e. The van der Waals surface area contributed by atoms with Crippen LogP contribution in [0.2, 0.25) is 0 Å². The third kappa shape index (κ3) is 5.31. The van der Waals surface area contributed by atoms with Gasteiger partial charge in [0.05, 0.1) is 22.5 Å². The van der Waals surface area contributed by atoms with Gasteiger partial charge in [0.2, 0.25) is 0 Å². The standard InChI is InChI=1S/C16H16N2O9/c1-9(19)25-8-16-15(27-10(2)20)5-12(7-26-16)11-3-13(17(21)22)6-14(4-11)18(23)24/h3-6,12,16H,7-8H2,1-2H3/t12-,16+/m0/s1. The first-order valence-electron chi connectivity index (χ1n) is 7.76. The van der Waals surface area contributed by atoms with Gasteiger partial charge in [0.15, 0.2) is 0 Å². The number of hydrogen-bond donors (Lipinski definition) is 0. The fraction of sp³-hybridized carbons (Fsp3) is 0.375. The summed E-state index contributed by atoms with van der Waals surface area (Å²) in [6.45, 7) is 2.19. The monoisotopic (exact) mass is 380 g/mol. The van der Waals surface area contributed by atoms with Crippen molar-refractivity contribution in [2.45, 2.75) is 25.9 Å². The van der Waals surface area contributed by atoms with E-state index in [1.807, 2.05) is 0 Å². The zero-order valence-corrected chi connectivity index (χ0v) is 14.4. The van der Waals surface area contributed by atoms with Crippen LogP contribution in [0.5, 0.6) is 0 Å². The molecule has 2 atom stereocenters. The molecule has 0 radical (unpaired) electrons. The van der Waals surface area contributed by atoms with Crippen LogP contribution in [-0.4, -0.2) is 41.1 Å². The first-order valence-corrected chi connectivity index (χ1v) is 7.76. The summed E-state index contributed by atoms with van der Waals surface area (Å²) < 4.78 is 15.5. The Labute approximate surface area is 152 Å². The van der Waals surface area contributed by atoms with Gasteiger partial charge in [0.1, 0.15) is 18.5 Å². The van der Waals surface area contributed by atoms with Crippen LogP contribution in [0.25, 0.3) is 0 Å². The molecule has 144 valence electrons. The summed E-state index contributed by atoms with van der Waals surface area (Å²) in [7, 11) is 0. The van der Waals surface area contributed by atoms with E-state index in [0.29, 0.717) is 0 Å². The molecular weight excluding hydrogens is 364 g/mol. The van der Waals surface area contributed by atoms with E-state index >= 15 is 0 Å². The highest BCUT2D eigenvalue weighted by Gasteiger charge is 2.30. The Bertz CT molecular complexity index is 786. The summed E-state index contributed by atoms with van der Waals surface area (Å²) in [4.78, 5) is 42.9. The van der Waals surface area contributed by atoms with Gasteiger partial charge in [-0.15, -0.1) is 0 Å². The summed E-state index contributed by atoms with van der Waals surface area (Å²) >= 11 is 0. The van der Waals surface area contributed by atoms with Crippen molar-refractivity contribution >= 4 is 23.3 Å². The van der Waals surface area contributed by atoms with Gasteiger partial charge in [0.25, 0.3) is 11.4 Å². The van der Waals surface area contributed by atoms with Crippen molar-refractivity contribution in [2.75, 3.05) is 13.2 Å². The van der Waals surface area contributed by atoms with E-state index < -0.39 is 45.2 Å². The second-order valence-electron chi connectivity index (χ2n) is 5.69. The molecule has 0 aromatic heterocycles. The molecule has 0 spiro atoms. The van der Waals surface area contributed by atoms with Gasteiger partial charge in [-0.1, -0.05) is 0 Å². The molecule has 11 heteroatoms. The Morgan fingerprint density at radius 1 is 1.11 bits per heavy atom. The number of nitro benzene ring substituents is 2. The molecule has 27 heavy (non-hydrogen) atoms. The average molecular weight is 380 g/mol. The molecule has 0 unspecified atom stereocenters. The van der Waals surface area contributed by atoms with E-state index in [1.165, 1.54) is 32.1 Å². The van der Waals surface area contributed by atoms with Gasteiger partial charge in [-0.25, -0.2) is 0 Å². The Balaban J connectivity index is 2.38. The summed E-state index contributed by atoms with van der Waals surface area (Å²) in [5.74, 6) is -1.75. The lowest BCUT2D eigenvalue weighted by Crippen LogP contribution is -2.31. The summed E-state index contributed by atoms with van der Waals surface area (Å²) in [6, 6.07) is 3.23. The third-order valence-corrected chi connectivity index (χ3v) is 3.63. The second kappa shape index (κ2) is 8.36. The first kappa shape index (κ1) is 20.0. The minimum absolute atomic E-state index is 0.00494. The van der Waals surface area contributed by atoms with Crippen molar-refractivity contribution in [1.29, 1.82) is 0 Å². The number of ether oxygens (including phenoxy) is 3. The van der Waals surface area contributed by atoms with Gasteiger partial charge < -0.3 is 14.2 Å². The first-order chi connectivity index (χ1) is 12.7. The number of nitro groups is 2. The molecule has 0 N–H and O–H groups in total. The second-order valence-corrected chi connectivity index (χ2v) is 5.69. The lowest BCUT2D eigenvalue weighted by Gasteiger charge is -2.28. The van der Waals surface area contributed by atoms with E-state index in [2.05, 4.69) is 0 Å². The molecule has 1 aromatic carbocycles. The summed E-state index contributed by atoms with van der Waals surface area (Å²) in [5.41, 5.74) is -0.626. The normalized spacial score (nSPS) is 19.0. The van der Waals surface area contributed by atoms with Crippen molar-refractivity contribution in [3.05, 3.63) is 55.8 Å².